The minimum Gasteiger partial charge on any atom is -0.488 e. The summed E-state index contributed by atoms with van der Waals surface area (Å²) in [5.41, 5.74) is 10.3. The van der Waals surface area contributed by atoms with Crippen LogP contribution in [0.4, 0.5) is 10.2 Å². The van der Waals surface area contributed by atoms with Gasteiger partial charge in [-0.2, -0.15) is 5.10 Å². The predicted molar refractivity (Wildman–Crippen MR) is 149 cm³/mol. The van der Waals surface area contributed by atoms with E-state index in [2.05, 4.69) is 9.97 Å². The molecule has 0 spiro atoms. The van der Waals surface area contributed by atoms with E-state index in [4.69, 9.17) is 29.9 Å². The molecule has 5 aromatic rings. The van der Waals surface area contributed by atoms with Crippen LogP contribution in [0.15, 0.2) is 67.1 Å². The van der Waals surface area contributed by atoms with Crippen LogP contribution in [0, 0.1) is 12.7 Å². The molecule has 10 nitrogen and oxygen atoms in total. The summed E-state index contributed by atoms with van der Waals surface area (Å²) in [5, 5.41) is 5.62. The first-order valence-corrected chi connectivity index (χ1v) is 13.3. The Labute approximate surface area is 236 Å². The lowest BCUT2D eigenvalue weighted by atomic mass is 10.1. The summed E-state index contributed by atoms with van der Waals surface area (Å²) in [7, 11) is 1.59. The van der Waals surface area contributed by atoms with Crippen molar-refractivity contribution in [1.29, 1.82) is 0 Å². The first-order chi connectivity index (χ1) is 20.0. The van der Waals surface area contributed by atoms with Crippen molar-refractivity contribution in [3.63, 3.8) is 0 Å². The molecule has 2 N–H and O–H groups in total. The Hall–Kier alpha value is -4.77. The van der Waals surface area contributed by atoms with Gasteiger partial charge >= 0.3 is 0 Å². The molecule has 1 fully saturated rings. The highest BCUT2D eigenvalue weighted by molar-refractivity contribution is 5.98. The topological polar surface area (TPSA) is 110 Å². The molecule has 1 saturated heterocycles. The number of nitrogens with two attached hydrogens (primary N) is 1. The van der Waals surface area contributed by atoms with Gasteiger partial charge in [0, 0.05) is 54.7 Å². The Bertz CT molecular complexity index is 1690. The number of benzene rings is 2. The van der Waals surface area contributed by atoms with E-state index in [1.807, 2.05) is 42.1 Å². The standard InChI is InChI=1S/C30H30FN6O4/c1-19-3-4-20(16-36(19)38-2)17-40-25-13-22(31)14-26(15-25)41-24-7-5-21(6-8-24)28-27-29(32)33-18-34-30(27)37(35-28)23-9-11-39-12-10-23/h3-8,13-16,18,23H,9-12,17H2,1-2H3,(H2,32,33,34)/q+1. The van der Waals surface area contributed by atoms with E-state index in [0.29, 0.717) is 53.0 Å². The van der Waals surface area contributed by atoms with E-state index in [-0.39, 0.29) is 12.6 Å². The number of fused-ring (bicyclic) bond motifs is 1. The van der Waals surface area contributed by atoms with Crippen molar-refractivity contribution in [2.75, 3.05) is 26.1 Å². The fourth-order valence-corrected chi connectivity index (χ4v) is 4.92. The summed E-state index contributed by atoms with van der Waals surface area (Å²) in [4.78, 5) is 14.0. The molecule has 2 aromatic carbocycles. The van der Waals surface area contributed by atoms with Crippen LogP contribution >= 0.6 is 0 Å². The second-order valence-electron chi connectivity index (χ2n) is 9.82. The second-order valence-corrected chi connectivity index (χ2v) is 9.82. The fourth-order valence-electron chi connectivity index (χ4n) is 4.92. The number of rotatable bonds is 8. The van der Waals surface area contributed by atoms with E-state index in [1.54, 1.807) is 30.0 Å². The Balaban J connectivity index is 1.21. The molecule has 3 aromatic heterocycles. The van der Waals surface area contributed by atoms with Gasteiger partial charge in [-0.1, -0.05) is 0 Å². The number of hydrogen-bond donors (Lipinski definition) is 1. The minimum absolute atomic E-state index is 0.174. The van der Waals surface area contributed by atoms with Crippen LogP contribution in [0.5, 0.6) is 17.2 Å². The van der Waals surface area contributed by atoms with E-state index < -0.39 is 5.82 Å². The highest BCUT2D eigenvalue weighted by Crippen LogP contribution is 2.35. The van der Waals surface area contributed by atoms with Crippen LogP contribution in [0.1, 0.15) is 30.1 Å². The van der Waals surface area contributed by atoms with Crippen LogP contribution in [-0.4, -0.2) is 40.1 Å². The van der Waals surface area contributed by atoms with Gasteiger partial charge in [-0.05, 0) is 43.2 Å². The maximum Gasteiger partial charge on any atom is 0.231 e. The Morgan fingerprint density at radius 1 is 1.02 bits per heavy atom. The number of pyridine rings is 1. The van der Waals surface area contributed by atoms with Crippen LogP contribution in [0.25, 0.3) is 22.3 Å². The Morgan fingerprint density at radius 2 is 1.80 bits per heavy atom. The third-order valence-electron chi connectivity index (χ3n) is 7.03. The lowest BCUT2D eigenvalue weighted by Gasteiger charge is -2.22. The number of halogens is 1. The quantitative estimate of drug-likeness (QED) is 0.276. The highest BCUT2D eigenvalue weighted by atomic mass is 19.1. The van der Waals surface area contributed by atoms with Crippen LogP contribution < -0.4 is 24.8 Å². The molecule has 6 rings (SSSR count). The number of aryl methyl sites for hydroxylation is 1. The van der Waals surface area contributed by atoms with Gasteiger partial charge < -0.3 is 19.9 Å². The molecular weight excluding hydrogens is 527 g/mol. The maximum atomic E-state index is 14.4. The van der Waals surface area contributed by atoms with Crippen molar-refractivity contribution in [2.45, 2.75) is 32.4 Å². The van der Waals surface area contributed by atoms with Crippen molar-refractivity contribution in [1.82, 2.24) is 19.7 Å². The summed E-state index contributed by atoms with van der Waals surface area (Å²) in [6.45, 7) is 3.53. The lowest BCUT2D eigenvalue weighted by Crippen LogP contribution is -2.43. The summed E-state index contributed by atoms with van der Waals surface area (Å²) >= 11 is 0. The number of nitrogen functional groups attached to an aromatic ring is 1. The first-order valence-electron chi connectivity index (χ1n) is 13.3. The number of hydrogen-bond acceptors (Lipinski definition) is 8. The first kappa shape index (κ1) is 26.5. The summed E-state index contributed by atoms with van der Waals surface area (Å²) in [6, 6.07) is 15.7. The van der Waals surface area contributed by atoms with Gasteiger partial charge in [0.05, 0.1) is 17.0 Å². The van der Waals surface area contributed by atoms with Gasteiger partial charge in [-0.3, -0.25) is 4.84 Å². The van der Waals surface area contributed by atoms with E-state index in [1.165, 1.54) is 18.5 Å². The van der Waals surface area contributed by atoms with Crippen LogP contribution in [0.3, 0.4) is 0 Å². The molecule has 0 radical (unpaired) electrons. The van der Waals surface area contributed by atoms with E-state index in [0.717, 1.165) is 29.7 Å². The molecule has 0 aliphatic carbocycles. The zero-order chi connectivity index (χ0) is 28.3. The summed E-state index contributed by atoms with van der Waals surface area (Å²) < 4.78 is 35.3. The largest absolute Gasteiger partial charge is 0.488 e. The van der Waals surface area contributed by atoms with Gasteiger partial charge in [-0.25, -0.2) is 19.0 Å². The Morgan fingerprint density at radius 3 is 2.59 bits per heavy atom. The van der Waals surface area contributed by atoms with Crippen LogP contribution in [-0.2, 0) is 11.3 Å². The third-order valence-corrected chi connectivity index (χ3v) is 7.03. The molecule has 1 aliphatic rings. The molecule has 0 saturated carbocycles. The molecule has 0 amide bonds. The molecule has 11 heteroatoms. The van der Waals surface area contributed by atoms with Crippen molar-refractivity contribution >= 4 is 16.9 Å². The normalized spacial score (nSPS) is 13.8. The fraction of sp³-hybridized carbons (Fsp3) is 0.267. The van der Waals surface area contributed by atoms with Crippen molar-refractivity contribution < 1.29 is 28.2 Å². The highest BCUT2D eigenvalue weighted by Gasteiger charge is 2.24. The van der Waals surface area contributed by atoms with E-state index >= 15 is 0 Å². The molecule has 0 bridgehead atoms. The number of anilines is 1. The molecule has 4 heterocycles. The molecule has 0 atom stereocenters. The average Bonchev–Trinajstić information content (AvgIpc) is 3.38. The van der Waals surface area contributed by atoms with Crippen molar-refractivity contribution in [3.8, 4) is 28.5 Å². The monoisotopic (exact) mass is 557 g/mol. The van der Waals surface area contributed by atoms with Gasteiger partial charge in [-0.15, -0.1) is 0 Å². The van der Waals surface area contributed by atoms with E-state index in [9.17, 15) is 4.39 Å². The smallest absolute Gasteiger partial charge is 0.231 e. The molecule has 1 aliphatic heterocycles. The number of aromatic nitrogens is 5. The van der Waals surface area contributed by atoms with Crippen LogP contribution in [0.2, 0.25) is 0 Å². The molecular formula is C30H30FN6O4+. The SMILES string of the molecule is CO[n+]1cc(COc2cc(F)cc(Oc3ccc(-c4nn(C5CCOCC5)c5ncnc(N)c45)cc3)c2)ccc1C. The van der Waals surface area contributed by atoms with Gasteiger partial charge in [0.15, 0.2) is 5.65 Å². The second kappa shape index (κ2) is 11.4. The lowest BCUT2D eigenvalue weighted by molar-refractivity contribution is -0.889. The van der Waals surface area contributed by atoms with Crippen molar-refractivity contribution in [2.24, 2.45) is 0 Å². The molecule has 210 valence electrons. The molecule has 41 heavy (non-hydrogen) atoms. The summed E-state index contributed by atoms with van der Waals surface area (Å²) in [6.07, 6.45) is 4.99. The van der Waals surface area contributed by atoms with Gasteiger partial charge in [0.2, 0.25) is 11.9 Å². The number of nitrogens with zero attached hydrogens (tertiary/aromatic N) is 5. The summed E-state index contributed by atoms with van der Waals surface area (Å²) in [5.74, 6) is 1.10. The predicted octanol–water partition coefficient (Wildman–Crippen LogP) is 4.59. The van der Waals surface area contributed by atoms with Gasteiger partial charge in [0.25, 0.3) is 0 Å². The zero-order valence-electron chi connectivity index (χ0n) is 22.8. The van der Waals surface area contributed by atoms with Gasteiger partial charge in [0.1, 0.15) is 54.6 Å². The third kappa shape index (κ3) is 5.62. The maximum absolute atomic E-state index is 14.4. The van der Waals surface area contributed by atoms with Crippen molar-refractivity contribution in [3.05, 3.63) is 84.2 Å². The minimum atomic E-state index is -0.467. The zero-order valence-corrected chi connectivity index (χ0v) is 22.8. The molecule has 0 unspecified atom stereocenters. The number of ether oxygens (including phenoxy) is 3. The Kier molecular flexibility index (Phi) is 7.34. The average molecular weight is 558 g/mol.